The molecule has 1 aromatic rings. The van der Waals surface area contributed by atoms with E-state index in [-0.39, 0.29) is 6.07 Å². The zero-order chi connectivity index (χ0) is 13.3. The summed E-state index contributed by atoms with van der Waals surface area (Å²) in [5.74, 6) is -7.82. The van der Waals surface area contributed by atoms with Crippen LogP contribution in [-0.2, 0) is 4.79 Å². The van der Waals surface area contributed by atoms with Gasteiger partial charge in [-0.2, -0.15) is 0 Å². The standard InChI is InChI=1S/C10H4ClF3O3/c1-3(10(16)17)9(15)4-2-5(12)8(14)6(11)7(4)13/h2H,1H2,(H,16,17). The van der Waals surface area contributed by atoms with E-state index in [1.54, 1.807) is 0 Å². The molecule has 7 heteroatoms. The number of carboxylic acids is 1. The Balaban J connectivity index is 3.39. The molecule has 1 N–H and O–H groups in total. The number of halogens is 4. The molecule has 0 heterocycles. The number of carbonyl (C=O) groups excluding carboxylic acids is 1. The van der Waals surface area contributed by atoms with Crippen LogP contribution in [0.1, 0.15) is 10.4 Å². The molecular weight excluding hydrogens is 261 g/mol. The number of Topliss-reactive ketones (excluding diaryl/α,β-unsaturated/α-hetero) is 1. The zero-order valence-electron chi connectivity index (χ0n) is 8.06. The molecule has 0 saturated carbocycles. The van der Waals surface area contributed by atoms with Gasteiger partial charge in [-0.25, -0.2) is 18.0 Å². The third kappa shape index (κ3) is 2.31. The minimum Gasteiger partial charge on any atom is -0.478 e. The third-order valence-electron chi connectivity index (χ3n) is 1.88. The molecule has 0 aromatic heterocycles. The molecule has 0 aliphatic heterocycles. The van der Waals surface area contributed by atoms with Gasteiger partial charge in [0, 0.05) is 0 Å². The molecule has 0 radical (unpaired) electrons. The van der Waals surface area contributed by atoms with Crippen molar-refractivity contribution in [3.63, 3.8) is 0 Å². The van der Waals surface area contributed by atoms with Crippen LogP contribution >= 0.6 is 11.6 Å². The molecule has 0 saturated heterocycles. The Labute approximate surface area is 98.1 Å². The summed E-state index contributed by atoms with van der Waals surface area (Å²) in [4.78, 5) is 21.8. The van der Waals surface area contributed by atoms with Gasteiger partial charge in [0.15, 0.2) is 17.5 Å². The average molecular weight is 265 g/mol. The Hall–Kier alpha value is -1.82. The maximum Gasteiger partial charge on any atom is 0.339 e. The minimum absolute atomic E-state index is 0.229. The van der Waals surface area contributed by atoms with Gasteiger partial charge in [-0.15, -0.1) is 0 Å². The number of hydrogen-bond acceptors (Lipinski definition) is 2. The molecule has 0 unspecified atom stereocenters. The van der Waals surface area contributed by atoms with E-state index in [0.29, 0.717) is 0 Å². The Kier molecular flexibility index (Phi) is 3.57. The number of carboxylic acid groups (broad SMARTS) is 1. The van der Waals surface area contributed by atoms with Crippen LogP contribution in [0.25, 0.3) is 0 Å². The number of carbonyl (C=O) groups is 2. The molecule has 1 aromatic carbocycles. The first kappa shape index (κ1) is 13.2. The van der Waals surface area contributed by atoms with Gasteiger partial charge in [-0.1, -0.05) is 18.2 Å². The van der Waals surface area contributed by atoms with Gasteiger partial charge in [0.1, 0.15) is 10.6 Å². The number of rotatable bonds is 3. The van der Waals surface area contributed by atoms with Crippen LogP contribution in [0.2, 0.25) is 5.02 Å². The number of hydrogen-bond donors (Lipinski definition) is 1. The average Bonchev–Trinajstić information content (AvgIpc) is 2.29. The van der Waals surface area contributed by atoms with Gasteiger partial charge in [0.05, 0.1) is 5.56 Å². The van der Waals surface area contributed by atoms with Crippen molar-refractivity contribution in [3.05, 3.63) is 46.3 Å². The maximum atomic E-state index is 13.3. The van der Waals surface area contributed by atoms with Crippen LogP contribution in [-0.4, -0.2) is 16.9 Å². The van der Waals surface area contributed by atoms with Crippen molar-refractivity contribution in [2.75, 3.05) is 0 Å². The van der Waals surface area contributed by atoms with Crippen molar-refractivity contribution >= 4 is 23.4 Å². The van der Waals surface area contributed by atoms with E-state index in [1.807, 2.05) is 0 Å². The lowest BCUT2D eigenvalue weighted by atomic mass is 10.0. The highest BCUT2D eigenvalue weighted by atomic mass is 35.5. The van der Waals surface area contributed by atoms with Crippen LogP contribution in [0.15, 0.2) is 18.2 Å². The quantitative estimate of drug-likeness (QED) is 0.228. The van der Waals surface area contributed by atoms with Crippen molar-refractivity contribution < 1.29 is 27.9 Å². The second kappa shape index (κ2) is 4.58. The summed E-state index contributed by atoms with van der Waals surface area (Å²) in [5, 5.41) is 7.24. The fourth-order valence-electron chi connectivity index (χ4n) is 0.998. The molecule has 0 bridgehead atoms. The van der Waals surface area contributed by atoms with E-state index in [9.17, 15) is 22.8 Å². The van der Waals surface area contributed by atoms with Crippen LogP contribution < -0.4 is 0 Å². The normalized spacial score (nSPS) is 10.1. The molecule has 3 nitrogen and oxygen atoms in total. The van der Waals surface area contributed by atoms with Crippen LogP contribution in [0.3, 0.4) is 0 Å². The first-order valence-corrected chi connectivity index (χ1v) is 4.45. The van der Waals surface area contributed by atoms with Gasteiger partial charge >= 0.3 is 5.97 Å². The Morgan fingerprint density at radius 3 is 2.24 bits per heavy atom. The van der Waals surface area contributed by atoms with E-state index in [0.717, 1.165) is 0 Å². The van der Waals surface area contributed by atoms with E-state index in [1.165, 1.54) is 0 Å². The summed E-state index contributed by atoms with van der Waals surface area (Å²) in [5.41, 5.74) is -1.97. The summed E-state index contributed by atoms with van der Waals surface area (Å²) < 4.78 is 39.0. The number of benzene rings is 1. The summed E-state index contributed by atoms with van der Waals surface area (Å²) in [6, 6.07) is 0.229. The van der Waals surface area contributed by atoms with Gasteiger partial charge in [-0.3, -0.25) is 4.79 Å². The molecule has 17 heavy (non-hydrogen) atoms. The van der Waals surface area contributed by atoms with Gasteiger partial charge < -0.3 is 5.11 Å². The highest BCUT2D eigenvalue weighted by molar-refractivity contribution is 6.32. The molecule has 0 aliphatic carbocycles. The van der Waals surface area contributed by atoms with Crippen LogP contribution in [0.5, 0.6) is 0 Å². The SMILES string of the molecule is C=C(C(=O)O)C(=O)c1cc(F)c(F)c(Cl)c1F. The first-order chi connectivity index (χ1) is 7.77. The van der Waals surface area contributed by atoms with E-state index in [4.69, 9.17) is 16.7 Å². The highest BCUT2D eigenvalue weighted by Gasteiger charge is 2.25. The molecule has 1 rings (SSSR count). The molecule has 0 aliphatic rings. The first-order valence-electron chi connectivity index (χ1n) is 4.07. The number of ketones is 1. The molecule has 0 atom stereocenters. The molecular formula is C10H4ClF3O3. The molecule has 90 valence electrons. The van der Waals surface area contributed by atoms with Crippen molar-refractivity contribution in [2.45, 2.75) is 0 Å². The van der Waals surface area contributed by atoms with Crippen molar-refractivity contribution in [2.24, 2.45) is 0 Å². The topological polar surface area (TPSA) is 54.4 Å². The Bertz CT molecular complexity index is 540. The van der Waals surface area contributed by atoms with E-state index >= 15 is 0 Å². The summed E-state index contributed by atoms with van der Waals surface area (Å²) in [7, 11) is 0. The molecule has 0 fully saturated rings. The lowest BCUT2D eigenvalue weighted by molar-refractivity contribution is -0.132. The van der Waals surface area contributed by atoms with Crippen molar-refractivity contribution in [3.8, 4) is 0 Å². The van der Waals surface area contributed by atoms with Gasteiger partial charge in [-0.05, 0) is 6.07 Å². The highest BCUT2D eigenvalue weighted by Crippen LogP contribution is 2.26. The predicted octanol–water partition coefficient (Wildman–Crippen LogP) is 2.58. The second-order valence-corrected chi connectivity index (χ2v) is 3.34. The monoisotopic (exact) mass is 264 g/mol. The largest absolute Gasteiger partial charge is 0.478 e. The number of aliphatic carboxylic acids is 1. The molecule has 0 spiro atoms. The van der Waals surface area contributed by atoms with Crippen LogP contribution in [0.4, 0.5) is 13.2 Å². The van der Waals surface area contributed by atoms with Crippen molar-refractivity contribution in [1.29, 1.82) is 0 Å². The third-order valence-corrected chi connectivity index (χ3v) is 2.21. The van der Waals surface area contributed by atoms with E-state index in [2.05, 4.69) is 6.58 Å². The lowest BCUT2D eigenvalue weighted by Crippen LogP contribution is -2.14. The summed E-state index contributed by atoms with van der Waals surface area (Å²) in [6.45, 7) is 2.88. The smallest absolute Gasteiger partial charge is 0.339 e. The second-order valence-electron chi connectivity index (χ2n) is 2.96. The predicted molar refractivity (Wildman–Crippen MR) is 52.4 cm³/mol. The lowest BCUT2D eigenvalue weighted by Gasteiger charge is -2.05. The van der Waals surface area contributed by atoms with Crippen LogP contribution in [0, 0.1) is 17.5 Å². The van der Waals surface area contributed by atoms with Gasteiger partial charge in [0.25, 0.3) is 0 Å². The summed E-state index contributed by atoms with van der Waals surface area (Å²) >= 11 is 5.10. The van der Waals surface area contributed by atoms with Crippen molar-refractivity contribution in [1.82, 2.24) is 0 Å². The van der Waals surface area contributed by atoms with E-state index < -0.39 is 45.4 Å². The molecule has 0 amide bonds. The maximum absolute atomic E-state index is 13.3. The fraction of sp³-hybridized carbons (Fsp3) is 0. The Morgan fingerprint density at radius 2 is 1.76 bits per heavy atom. The van der Waals surface area contributed by atoms with Gasteiger partial charge in [0.2, 0.25) is 5.78 Å². The fourth-order valence-corrected chi connectivity index (χ4v) is 1.19. The zero-order valence-corrected chi connectivity index (χ0v) is 8.82. The summed E-state index contributed by atoms with van der Waals surface area (Å²) in [6.07, 6.45) is 0. The Morgan fingerprint density at radius 1 is 1.24 bits per heavy atom. The minimum atomic E-state index is -1.70.